The van der Waals surface area contributed by atoms with Crippen LogP contribution < -0.4 is 5.32 Å². The molecule has 1 N–H and O–H groups in total. The average molecular weight is 421 g/mol. The monoisotopic (exact) mass is 420 g/mol. The van der Waals surface area contributed by atoms with Gasteiger partial charge in [-0.15, -0.1) is 0 Å². The summed E-state index contributed by atoms with van der Waals surface area (Å²) in [6.07, 6.45) is 0.658. The number of halogens is 1. The van der Waals surface area contributed by atoms with Gasteiger partial charge in [-0.05, 0) is 28.8 Å². The van der Waals surface area contributed by atoms with Crippen molar-refractivity contribution < 1.29 is 9.59 Å². The van der Waals surface area contributed by atoms with E-state index in [2.05, 4.69) is 5.32 Å². The molecule has 0 spiro atoms. The molecule has 154 valence electrons. The minimum Gasteiger partial charge on any atom is -0.357 e. The van der Waals surface area contributed by atoms with Gasteiger partial charge in [-0.25, -0.2) is 0 Å². The van der Waals surface area contributed by atoms with Crippen LogP contribution >= 0.6 is 11.6 Å². The fourth-order valence-corrected chi connectivity index (χ4v) is 3.64. The number of hydrogen-bond donors (Lipinski definition) is 1. The predicted octanol–water partition coefficient (Wildman–Crippen LogP) is 4.27. The highest BCUT2D eigenvalue weighted by Gasteiger charge is 2.29. The van der Waals surface area contributed by atoms with E-state index in [9.17, 15) is 9.59 Å². The van der Waals surface area contributed by atoms with E-state index >= 15 is 0 Å². The zero-order chi connectivity index (χ0) is 21.3. The van der Waals surface area contributed by atoms with Gasteiger partial charge in [0.05, 0.1) is 6.42 Å². The molecule has 0 aromatic heterocycles. The fourth-order valence-electron chi connectivity index (χ4n) is 3.42. The molecule has 0 aliphatic heterocycles. The molecule has 30 heavy (non-hydrogen) atoms. The second-order valence-corrected chi connectivity index (χ2v) is 7.57. The van der Waals surface area contributed by atoms with Crippen LogP contribution in [0.4, 0.5) is 0 Å². The van der Waals surface area contributed by atoms with E-state index in [4.69, 9.17) is 11.6 Å². The third kappa shape index (κ3) is 5.94. The standard InChI is InChI=1S/C25H25ClN2O2/c1-27-25(30)23(16-19-9-4-2-5-10-19)28(18-21-13-8-14-22(26)15-21)24(29)17-20-11-6-3-7-12-20/h2-15,23H,16-18H2,1H3,(H,27,30). The maximum Gasteiger partial charge on any atom is 0.242 e. The molecule has 2 amide bonds. The first kappa shape index (κ1) is 21.6. The number of nitrogens with zero attached hydrogens (tertiary/aromatic N) is 1. The van der Waals surface area contributed by atoms with Gasteiger partial charge in [0.25, 0.3) is 0 Å². The van der Waals surface area contributed by atoms with E-state index in [1.807, 2.05) is 78.9 Å². The van der Waals surface area contributed by atoms with Gasteiger partial charge in [0.2, 0.25) is 11.8 Å². The molecule has 0 radical (unpaired) electrons. The minimum absolute atomic E-state index is 0.106. The van der Waals surface area contributed by atoms with Crippen LogP contribution in [0.2, 0.25) is 5.02 Å². The molecule has 5 heteroatoms. The Morgan fingerprint density at radius 2 is 1.47 bits per heavy atom. The maximum atomic E-state index is 13.4. The average Bonchev–Trinajstić information content (AvgIpc) is 2.77. The zero-order valence-corrected chi connectivity index (χ0v) is 17.7. The van der Waals surface area contributed by atoms with Crippen LogP contribution in [0.5, 0.6) is 0 Å². The number of carbonyl (C=O) groups excluding carboxylic acids is 2. The van der Waals surface area contributed by atoms with Gasteiger partial charge < -0.3 is 10.2 Å². The molecule has 0 aliphatic carbocycles. The lowest BCUT2D eigenvalue weighted by Crippen LogP contribution is -2.50. The molecule has 0 bridgehead atoms. The SMILES string of the molecule is CNC(=O)C(Cc1ccccc1)N(Cc1cccc(Cl)c1)C(=O)Cc1ccccc1. The number of benzene rings is 3. The summed E-state index contributed by atoms with van der Waals surface area (Å²) in [5.74, 6) is -0.298. The van der Waals surface area contributed by atoms with Crippen LogP contribution in [0.15, 0.2) is 84.9 Å². The first-order valence-electron chi connectivity index (χ1n) is 9.90. The lowest BCUT2D eigenvalue weighted by atomic mass is 10.0. The van der Waals surface area contributed by atoms with E-state index in [1.165, 1.54) is 0 Å². The van der Waals surface area contributed by atoms with Crippen LogP contribution in [-0.2, 0) is 29.0 Å². The quantitative estimate of drug-likeness (QED) is 0.591. The molecule has 3 rings (SSSR count). The Morgan fingerprint density at radius 3 is 2.07 bits per heavy atom. The number of nitrogens with one attached hydrogen (secondary N) is 1. The topological polar surface area (TPSA) is 49.4 Å². The Bertz CT molecular complexity index is 977. The lowest BCUT2D eigenvalue weighted by Gasteiger charge is -2.31. The van der Waals surface area contributed by atoms with Gasteiger partial charge in [0.15, 0.2) is 0 Å². The first-order chi connectivity index (χ1) is 14.6. The molecule has 0 fully saturated rings. The maximum absolute atomic E-state index is 13.4. The summed E-state index contributed by atoms with van der Waals surface area (Å²) < 4.78 is 0. The van der Waals surface area contributed by atoms with Crippen LogP contribution in [0.3, 0.4) is 0 Å². The number of likely N-dealkylation sites (N-methyl/N-ethyl adjacent to an activating group) is 1. The summed E-state index contributed by atoms with van der Waals surface area (Å²) in [7, 11) is 1.60. The smallest absolute Gasteiger partial charge is 0.242 e. The summed E-state index contributed by atoms with van der Waals surface area (Å²) in [5, 5.41) is 3.32. The van der Waals surface area contributed by atoms with Crippen molar-refractivity contribution in [2.45, 2.75) is 25.4 Å². The summed E-state index contributed by atoms with van der Waals surface area (Å²) in [6.45, 7) is 0.303. The van der Waals surface area contributed by atoms with Crippen molar-refractivity contribution in [3.8, 4) is 0 Å². The second kappa shape index (κ2) is 10.6. The molecule has 3 aromatic carbocycles. The summed E-state index contributed by atoms with van der Waals surface area (Å²) in [4.78, 5) is 27.9. The van der Waals surface area contributed by atoms with E-state index in [0.29, 0.717) is 18.0 Å². The molecule has 0 heterocycles. The van der Waals surface area contributed by atoms with Crippen molar-refractivity contribution in [3.63, 3.8) is 0 Å². The number of carbonyl (C=O) groups is 2. The Balaban J connectivity index is 1.93. The Morgan fingerprint density at radius 1 is 0.867 bits per heavy atom. The third-order valence-corrected chi connectivity index (χ3v) is 5.19. The van der Waals surface area contributed by atoms with E-state index < -0.39 is 6.04 Å². The molecule has 0 saturated carbocycles. The molecular formula is C25H25ClN2O2. The highest BCUT2D eigenvalue weighted by atomic mass is 35.5. The molecule has 3 aromatic rings. The lowest BCUT2D eigenvalue weighted by molar-refractivity contribution is -0.140. The highest BCUT2D eigenvalue weighted by Crippen LogP contribution is 2.18. The van der Waals surface area contributed by atoms with Gasteiger partial charge >= 0.3 is 0 Å². The van der Waals surface area contributed by atoms with Gasteiger partial charge in [0, 0.05) is 25.0 Å². The zero-order valence-electron chi connectivity index (χ0n) is 16.9. The van der Waals surface area contributed by atoms with Crippen molar-refractivity contribution in [1.82, 2.24) is 10.2 Å². The van der Waals surface area contributed by atoms with Crippen LogP contribution in [-0.4, -0.2) is 29.8 Å². The molecule has 1 unspecified atom stereocenters. The normalized spacial score (nSPS) is 11.5. The first-order valence-corrected chi connectivity index (χ1v) is 10.3. The van der Waals surface area contributed by atoms with Crippen molar-refractivity contribution in [1.29, 1.82) is 0 Å². The van der Waals surface area contributed by atoms with Crippen LogP contribution in [0.25, 0.3) is 0 Å². The molecule has 4 nitrogen and oxygen atoms in total. The summed E-state index contributed by atoms with van der Waals surface area (Å²) in [6, 6.07) is 26.1. The summed E-state index contributed by atoms with van der Waals surface area (Å²) >= 11 is 6.15. The molecular weight excluding hydrogens is 396 g/mol. The van der Waals surface area contributed by atoms with Crippen LogP contribution in [0, 0.1) is 0 Å². The number of amides is 2. The second-order valence-electron chi connectivity index (χ2n) is 7.13. The fraction of sp³-hybridized carbons (Fsp3) is 0.200. The number of rotatable bonds is 8. The Hall–Kier alpha value is -3.11. The van der Waals surface area contributed by atoms with Crippen molar-refractivity contribution in [2.24, 2.45) is 0 Å². The largest absolute Gasteiger partial charge is 0.357 e. The summed E-state index contributed by atoms with van der Waals surface area (Å²) in [5.41, 5.74) is 2.79. The van der Waals surface area contributed by atoms with Gasteiger partial charge in [-0.3, -0.25) is 9.59 Å². The van der Waals surface area contributed by atoms with Gasteiger partial charge in [-0.1, -0.05) is 84.4 Å². The van der Waals surface area contributed by atoms with Crippen molar-refractivity contribution in [3.05, 3.63) is 107 Å². The highest BCUT2D eigenvalue weighted by molar-refractivity contribution is 6.30. The van der Waals surface area contributed by atoms with Crippen molar-refractivity contribution >= 4 is 23.4 Å². The van der Waals surface area contributed by atoms with Gasteiger partial charge in [-0.2, -0.15) is 0 Å². The van der Waals surface area contributed by atoms with E-state index in [1.54, 1.807) is 18.0 Å². The van der Waals surface area contributed by atoms with E-state index in [-0.39, 0.29) is 18.2 Å². The van der Waals surface area contributed by atoms with Crippen molar-refractivity contribution in [2.75, 3.05) is 7.05 Å². The third-order valence-electron chi connectivity index (χ3n) is 4.96. The molecule has 1 atom stereocenters. The van der Waals surface area contributed by atoms with E-state index in [0.717, 1.165) is 16.7 Å². The molecule has 0 saturated heterocycles. The Labute approximate surface area is 182 Å². The Kier molecular flexibility index (Phi) is 7.63. The van der Waals surface area contributed by atoms with Gasteiger partial charge in [0.1, 0.15) is 6.04 Å². The minimum atomic E-state index is -0.632. The van der Waals surface area contributed by atoms with Crippen LogP contribution in [0.1, 0.15) is 16.7 Å². The number of hydrogen-bond acceptors (Lipinski definition) is 2. The molecule has 0 aliphatic rings. The predicted molar refractivity (Wildman–Crippen MR) is 120 cm³/mol.